The molecule has 0 aliphatic rings. The third-order valence-electron chi connectivity index (χ3n) is 3.42. The third-order valence-corrected chi connectivity index (χ3v) is 3.42. The highest BCUT2D eigenvalue weighted by molar-refractivity contribution is 5.92. The maximum Gasteiger partial charge on any atom is 0.342 e. The van der Waals surface area contributed by atoms with Gasteiger partial charge in [0.1, 0.15) is 6.20 Å². The molecule has 21 heavy (non-hydrogen) atoms. The van der Waals surface area contributed by atoms with Crippen molar-refractivity contribution in [1.29, 1.82) is 0 Å². The summed E-state index contributed by atoms with van der Waals surface area (Å²) in [7, 11) is 1.63. The van der Waals surface area contributed by atoms with Crippen LogP contribution in [0.15, 0.2) is 48.7 Å². The second-order valence-corrected chi connectivity index (χ2v) is 4.69. The number of rotatable bonds is 3. The smallest absolute Gasteiger partial charge is 0.342 e. The minimum absolute atomic E-state index is 0.0208. The van der Waals surface area contributed by atoms with E-state index >= 15 is 0 Å². The number of aromatic nitrogens is 2. The lowest BCUT2D eigenvalue weighted by Crippen LogP contribution is -1.98. The Balaban J connectivity index is 2.01. The van der Waals surface area contributed by atoms with Crippen molar-refractivity contribution in [2.75, 3.05) is 0 Å². The van der Waals surface area contributed by atoms with Crippen LogP contribution in [0.5, 0.6) is 0 Å². The highest BCUT2D eigenvalue weighted by Gasteiger charge is 2.13. The molecule has 0 amide bonds. The molecule has 0 aliphatic heterocycles. The number of nitrogens with zero attached hydrogens (tertiary/aromatic N) is 3. The first-order valence-electron chi connectivity index (χ1n) is 6.49. The monoisotopic (exact) mass is 279 g/mol. The lowest BCUT2D eigenvalue weighted by Gasteiger charge is -2.01. The van der Waals surface area contributed by atoms with E-state index in [9.17, 15) is 10.1 Å². The van der Waals surface area contributed by atoms with Crippen molar-refractivity contribution in [3.63, 3.8) is 0 Å². The Morgan fingerprint density at radius 1 is 1.14 bits per heavy atom. The van der Waals surface area contributed by atoms with Gasteiger partial charge in [-0.3, -0.25) is 0 Å². The van der Waals surface area contributed by atoms with Crippen LogP contribution < -0.4 is 0 Å². The fraction of sp³-hybridized carbons (Fsp3) is 0.0625. The van der Waals surface area contributed by atoms with E-state index in [0.29, 0.717) is 5.82 Å². The van der Waals surface area contributed by atoms with Gasteiger partial charge in [0.05, 0.1) is 7.05 Å². The van der Waals surface area contributed by atoms with Gasteiger partial charge in [-0.1, -0.05) is 42.5 Å². The lowest BCUT2D eigenvalue weighted by atomic mass is 10.0. The summed E-state index contributed by atoms with van der Waals surface area (Å²) in [5, 5.41) is 13.1. The zero-order chi connectivity index (χ0) is 14.8. The molecule has 1 aromatic heterocycles. The normalized spacial score (nSPS) is 11.3. The van der Waals surface area contributed by atoms with Gasteiger partial charge in [0.15, 0.2) is 0 Å². The zero-order valence-corrected chi connectivity index (χ0v) is 11.4. The molecule has 0 saturated carbocycles. The van der Waals surface area contributed by atoms with Gasteiger partial charge in [-0.2, -0.15) is 0 Å². The molecule has 5 heteroatoms. The van der Waals surface area contributed by atoms with Crippen molar-refractivity contribution >= 4 is 28.7 Å². The molecule has 0 saturated heterocycles. The van der Waals surface area contributed by atoms with Crippen LogP contribution in [0.4, 0.5) is 5.82 Å². The summed E-state index contributed by atoms with van der Waals surface area (Å²) in [5.41, 5.74) is 1.05. The first kappa shape index (κ1) is 13.1. The van der Waals surface area contributed by atoms with Crippen LogP contribution in [-0.4, -0.2) is 14.5 Å². The number of fused-ring (bicyclic) bond motifs is 1. The average Bonchev–Trinajstić information content (AvgIpc) is 2.86. The van der Waals surface area contributed by atoms with Crippen molar-refractivity contribution < 1.29 is 4.92 Å². The number of nitro groups is 1. The highest BCUT2D eigenvalue weighted by atomic mass is 16.6. The quantitative estimate of drug-likeness (QED) is 0.543. The molecule has 0 spiro atoms. The minimum Gasteiger partial charge on any atom is -0.358 e. The van der Waals surface area contributed by atoms with Gasteiger partial charge in [-0.25, -0.2) is 9.55 Å². The summed E-state index contributed by atoms with van der Waals surface area (Å²) in [5.74, 6) is 0.530. The Hall–Kier alpha value is -2.95. The summed E-state index contributed by atoms with van der Waals surface area (Å²) in [6, 6.07) is 14.1. The fourth-order valence-corrected chi connectivity index (χ4v) is 2.30. The van der Waals surface area contributed by atoms with Crippen LogP contribution in [0.2, 0.25) is 0 Å². The van der Waals surface area contributed by atoms with Crippen LogP contribution in [0.25, 0.3) is 22.9 Å². The SMILES string of the molecule is Cn1c([N+](=O)[O-])cnc1/C=C/c1cccc2ccccc12. The summed E-state index contributed by atoms with van der Waals surface area (Å²) in [6.07, 6.45) is 4.98. The van der Waals surface area contributed by atoms with E-state index in [1.54, 1.807) is 13.1 Å². The van der Waals surface area contributed by atoms with Crippen LogP contribution in [-0.2, 0) is 7.05 Å². The predicted molar refractivity (Wildman–Crippen MR) is 82.7 cm³/mol. The molecule has 0 unspecified atom stereocenters. The molecule has 1 heterocycles. The van der Waals surface area contributed by atoms with E-state index in [-0.39, 0.29) is 5.82 Å². The van der Waals surface area contributed by atoms with Crippen molar-refractivity contribution in [2.24, 2.45) is 7.05 Å². The van der Waals surface area contributed by atoms with Gasteiger partial charge >= 0.3 is 5.82 Å². The van der Waals surface area contributed by atoms with Crippen LogP contribution in [0.1, 0.15) is 11.4 Å². The number of hydrogen-bond donors (Lipinski definition) is 0. The molecule has 3 rings (SSSR count). The van der Waals surface area contributed by atoms with Crippen LogP contribution in [0.3, 0.4) is 0 Å². The molecule has 5 nitrogen and oxygen atoms in total. The van der Waals surface area contributed by atoms with E-state index in [1.807, 2.05) is 30.3 Å². The van der Waals surface area contributed by atoms with Gasteiger partial charge in [0.2, 0.25) is 5.82 Å². The first-order chi connectivity index (χ1) is 10.2. The Morgan fingerprint density at radius 2 is 1.90 bits per heavy atom. The van der Waals surface area contributed by atoms with E-state index in [0.717, 1.165) is 16.3 Å². The maximum atomic E-state index is 10.8. The van der Waals surface area contributed by atoms with E-state index in [1.165, 1.54) is 10.8 Å². The van der Waals surface area contributed by atoms with Crippen LogP contribution in [0, 0.1) is 10.1 Å². The van der Waals surface area contributed by atoms with Gasteiger partial charge in [-0.05, 0) is 27.3 Å². The van der Waals surface area contributed by atoms with Crippen molar-refractivity contribution in [2.45, 2.75) is 0 Å². The Morgan fingerprint density at radius 3 is 2.67 bits per heavy atom. The van der Waals surface area contributed by atoms with Gasteiger partial charge < -0.3 is 10.1 Å². The topological polar surface area (TPSA) is 61.0 Å². The molecule has 0 bridgehead atoms. The number of benzene rings is 2. The van der Waals surface area contributed by atoms with Gasteiger partial charge in [0, 0.05) is 6.08 Å². The third kappa shape index (κ3) is 2.41. The summed E-state index contributed by atoms with van der Waals surface area (Å²) < 4.78 is 1.46. The fourth-order valence-electron chi connectivity index (χ4n) is 2.30. The maximum absolute atomic E-state index is 10.8. The average molecular weight is 279 g/mol. The van der Waals surface area contributed by atoms with Crippen molar-refractivity contribution in [1.82, 2.24) is 9.55 Å². The molecule has 104 valence electrons. The summed E-state index contributed by atoms with van der Waals surface area (Å²) in [6.45, 7) is 0. The van der Waals surface area contributed by atoms with Crippen molar-refractivity contribution in [3.05, 3.63) is 70.2 Å². The Bertz CT molecular complexity index is 844. The van der Waals surface area contributed by atoms with E-state index in [2.05, 4.69) is 23.2 Å². The number of hydrogen-bond acceptors (Lipinski definition) is 3. The summed E-state index contributed by atoms with van der Waals surface area (Å²) in [4.78, 5) is 14.4. The molecule has 0 aliphatic carbocycles. The predicted octanol–water partition coefficient (Wildman–Crippen LogP) is 3.65. The molecule has 0 N–H and O–H groups in total. The number of imidazole rings is 1. The van der Waals surface area contributed by atoms with Crippen LogP contribution >= 0.6 is 0 Å². The van der Waals surface area contributed by atoms with E-state index < -0.39 is 4.92 Å². The molecular formula is C16H13N3O2. The Labute approximate surface area is 121 Å². The summed E-state index contributed by atoms with van der Waals surface area (Å²) >= 11 is 0. The highest BCUT2D eigenvalue weighted by Crippen LogP contribution is 2.21. The largest absolute Gasteiger partial charge is 0.358 e. The van der Waals surface area contributed by atoms with Gasteiger partial charge in [-0.15, -0.1) is 0 Å². The lowest BCUT2D eigenvalue weighted by molar-refractivity contribution is -0.391. The molecule has 0 atom stereocenters. The molecular weight excluding hydrogens is 266 g/mol. The first-order valence-corrected chi connectivity index (χ1v) is 6.49. The molecule has 0 fully saturated rings. The minimum atomic E-state index is -0.442. The van der Waals surface area contributed by atoms with Gasteiger partial charge in [0.25, 0.3) is 0 Å². The second-order valence-electron chi connectivity index (χ2n) is 4.69. The molecule has 0 radical (unpaired) electrons. The second kappa shape index (κ2) is 5.20. The Kier molecular flexibility index (Phi) is 3.23. The molecule has 3 aromatic rings. The van der Waals surface area contributed by atoms with E-state index in [4.69, 9.17) is 0 Å². The zero-order valence-electron chi connectivity index (χ0n) is 11.4. The van der Waals surface area contributed by atoms with Crippen molar-refractivity contribution in [3.8, 4) is 0 Å². The standard InChI is InChI=1S/C16H13N3O2/c1-18-15(17-11-16(18)19(20)21)10-9-13-7-4-6-12-5-2-3-8-14(12)13/h2-11H,1H3/b10-9+. The molecule has 2 aromatic carbocycles.